The molecule has 1 amide bonds. The number of carbonyl (C=O) groups is 1. The highest BCUT2D eigenvalue weighted by molar-refractivity contribution is 7.88. The van der Waals surface area contributed by atoms with Gasteiger partial charge in [-0.3, -0.25) is 4.79 Å². The van der Waals surface area contributed by atoms with Gasteiger partial charge in [0.05, 0.1) is 11.8 Å². The smallest absolute Gasteiger partial charge is 0.273 e. The average molecular weight is 331 g/mol. The molecule has 1 atom stereocenters. The molecule has 2 aromatic carbocycles. The van der Waals surface area contributed by atoms with Crippen LogP contribution in [0.5, 0.6) is 0 Å². The fraction of sp³-hybridized carbons (Fsp3) is 0.188. The molecule has 3 rings (SSSR count). The van der Waals surface area contributed by atoms with Crippen molar-refractivity contribution in [2.75, 3.05) is 11.6 Å². The van der Waals surface area contributed by atoms with Gasteiger partial charge in [0.1, 0.15) is 0 Å². The van der Waals surface area contributed by atoms with E-state index in [2.05, 4.69) is 10.1 Å². The Morgan fingerprint density at radius 3 is 2.30 bits per heavy atom. The van der Waals surface area contributed by atoms with Crippen molar-refractivity contribution in [3.63, 3.8) is 0 Å². The van der Waals surface area contributed by atoms with Crippen LogP contribution in [0.15, 0.2) is 54.6 Å². The van der Waals surface area contributed by atoms with E-state index >= 15 is 0 Å². The topological polar surface area (TPSA) is 78.5 Å². The summed E-state index contributed by atoms with van der Waals surface area (Å²) in [5, 5.41) is 4.40. The Bertz CT molecular complexity index is 852. The average Bonchev–Trinajstić information content (AvgIpc) is 2.51. The maximum atomic E-state index is 12.8. The van der Waals surface area contributed by atoms with Crippen molar-refractivity contribution in [1.82, 2.24) is 9.84 Å². The number of benzene rings is 2. The Labute approximate surface area is 135 Å². The molecular weight excluding hydrogens is 314 g/mol. The molecule has 23 heavy (non-hydrogen) atoms. The normalized spacial score (nSPS) is 20.8. The van der Waals surface area contributed by atoms with Crippen LogP contribution in [0.3, 0.4) is 0 Å². The van der Waals surface area contributed by atoms with E-state index in [9.17, 15) is 13.2 Å². The van der Waals surface area contributed by atoms with Crippen molar-refractivity contribution >= 4 is 21.6 Å². The second-order valence-electron chi connectivity index (χ2n) is 5.61. The first-order valence-electron chi connectivity index (χ1n) is 7.06. The van der Waals surface area contributed by atoms with Crippen molar-refractivity contribution < 1.29 is 13.2 Å². The fourth-order valence-electron chi connectivity index (χ4n) is 2.68. The van der Waals surface area contributed by atoms with Gasteiger partial charge in [0.25, 0.3) is 5.91 Å². The van der Waals surface area contributed by atoms with Crippen LogP contribution >= 0.6 is 0 Å². The second kappa shape index (κ2) is 5.36. The Balaban J connectivity index is 2.18. The van der Waals surface area contributed by atoms with E-state index in [4.69, 9.17) is 0 Å². The number of hydrogen-bond donors (Lipinski definition) is 2. The number of nitrogens with one attached hydrogen (secondary N) is 2. The molecule has 0 aromatic heterocycles. The zero-order valence-corrected chi connectivity index (χ0v) is 13.6. The molecule has 1 aliphatic rings. The van der Waals surface area contributed by atoms with Crippen LogP contribution in [0.2, 0.25) is 0 Å². The Kier molecular flexibility index (Phi) is 3.62. The number of hydrazine groups is 1. The SMILES string of the molecule is C[C@]1(c2ccccc2)Nc2ccccc2C(=O)N1NS(C)(=O)=O. The van der Waals surface area contributed by atoms with Gasteiger partial charge in [0.15, 0.2) is 5.66 Å². The lowest BCUT2D eigenvalue weighted by Crippen LogP contribution is -2.62. The lowest BCUT2D eigenvalue weighted by atomic mass is 9.95. The van der Waals surface area contributed by atoms with Crippen LogP contribution in [0.1, 0.15) is 22.8 Å². The highest BCUT2D eigenvalue weighted by Gasteiger charge is 2.44. The number of amides is 1. The molecule has 120 valence electrons. The van der Waals surface area contributed by atoms with E-state index in [1.165, 1.54) is 0 Å². The van der Waals surface area contributed by atoms with E-state index in [1.54, 1.807) is 25.1 Å². The summed E-state index contributed by atoms with van der Waals surface area (Å²) in [4.78, 5) is 15.2. The van der Waals surface area contributed by atoms with Gasteiger partial charge in [0.2, 0.25) is 10.0 Å². The lowest BCUT2D eigenvalue weighted by Gasteiger charge is -2.45. The highest BCUT2D eigenvalue weighted by Crippen LogP contribution is 2.36. The molecule has 1 aliphatic heterocycles. The summed E-state index contributed by atoms with van der Waals surface area (Å²) in [6.45, 7) is 1.76. The van der Waals surface area contributed by atoms with Gasteiger partial charge in [-0.1, -0.05) is 42.5 Å². The maximum absolute atomic E-state index is 12.8. The standard InChI is InChI=1S/C16H17N3O3S/c1-16(12-8-4-3-5-9-12)17-14-11-7-6-10-13(14)15(20)19(16)18-23(2,21)22/h3-11,17-18H,1-2H3/t16-/m0/s1. The number of para-hydroxylation sites is 1. The summed E-state index contributed by atoms with van der Waals surface area (Å²) in [6, 6.07) is 16.2. The number of hydrogen-bond acceptors (Lipinski definition) is 4. The molecule has 0 radical (unpaired) electrons. The predicted molar refractivity (Wildman–Crippen MR) is 88.0 cm³/mol. The summed E-state index contributed by atoms with van der Waals surface area (Å²) in [5.74, 6) is -0.406. The number of carbonyl (C=O) groups excluding carboxylic acids is 1. The van der Waals surface area contributed by atoms with Crippen molar-refractivity contribution in [1.29, 1.82) is 0 Å². The van der Waals surface area contributed by atoms with E-state index in [-0.39, 0.29) is 0 Å². The van der Waals surface area contributed by atoms with Crippen LogP contribution in [0.4, 0.5) is 5.69 Å². The van der Waals surface area contributed by atoms with E-state index in [0.29, 0.717) is 11.3 Å². The van der Waals surface area contributed by atoms with Gasteiger partial charge in [-0.2, -0.15) is 0 Å². The summed E-state index contributed by atoms with van der Waals surface area (Å²) in [5.41, 5.74) is 0.793. The highest BCUT2D eigenvalue weighted by atomic mass is 32.2. The van der Waals surface area contributed by atoms with Crippen molar-refractivity contribution in [2.24, 2.45) is 0 Å². The number of rotatable bonds is 3. The summed E-state index contributed by atoms with van der Waals surface area (Å²) < 4.78 is 23.5. The monoisotopic (exact) mass is 331 g/mol. The van der Waals surface area contributed by atoms with Gasteiger partial charge < -0.3 is 5.32 Å². The molecule has 0 saturated carbocycles. The van der Waals surface area contributed by atoms with Crippen LogP contribution in [-0.2, 0) is 15.7 Å². The molecule has 0 bridgehead atoms. The minimum Gasteiger partial charge on any atom is -0.357 e. The van der Waals surface area contributed by atoms with Gasteiger partial charge in [-0.15, -0.1) is 4.83 Å². The number of nitrogens with zero attached hydrogens (tertiary/aromatic N) is 1. The maximum Gasteiger partial charge on any atom is 0.273 e. The third kappa shape index (κ3) is 2.80. The molecule has 0 saturated heterocycles. The minimum absolute atomic E-state index is 0.406. The van der Waals surface area contributed by atoms with Crippen LogP contribution in [0, 0.1) is 0 Å². The summed E-state index contributed by atoms with van der Waals surface area (Å²) in [7, 11) is -3.62. The van der Waals surface area contributed by atoms with Crippen LogP contribution in [-0.4, -0.2) is 25.6 Å². The first-order valence-corrected chi connectivity index (χ1v) is 8.95. The largest absolute Gasteiger partial charge is 0.357 e. The number of anilines is 1. The minimum atomic E-state index is -3.62. The number of fused-ring (bicyclic) bond motifs is 1. The molecule has 2 aromatic rings. The predicted octanol–water partition coefficient (Wildman–Crippen LogP) is 1.89. The van der Waals surface area contributed by atoms with Crippen LogP contribution < -0.4 is 10.1 Å². The fourth-order valence-corrected chi connectivity index (χ4v) is 3.28. The van der Waals surface area contributed by atoms with Crippen molar-refractivity contribution in [3.8, 4) is 0 Å². The van der Waals surface area contributed by atoms with E-state index < -0.39 is 21.6 Å². The van der Waals surface area contributed by atoms with Crippen LogP contribution in [0.25, 0.3) is 0 Å². The van der Waals surface area contributed by atoms with E-state index in [1.807, 2.05) is 36.4 Å². The van der Waals surface area contributed by atoms with Gasteiger partial charge >= 0.3 is 0 Å². The molecule has 6 nitrogen and oxygen atoms in total. The zero-order chi connectivity index (χ0) is 16.7. The van der Waals surface area contributed by atoms with Crippen molar-refractivity contribution in [3.05, 3.63) is 65.7 Å². The first kappa shape index (κ1) is 15.5. The third-order valence-corrected chi connectivity index (χ3v) is 4.29. The summed E-state index contributed by atoms with van der Waals surface area (Å²) in [6.07, 6.45) is 1.02. The Hall–Kier alpha value is -2.38. The molecular formula is C16H17N3O3S. The number of sulfonamides is 1. The molecule has 0 fully saturated rings. The third-order valence-electron chi connectivity index (χ3n) is 3.78. The quantitative estimate of drug-likeness (QED) is 0.900. The molecule has 0 aliphatic carbocycles. The van der Waals surface area contributed by atoms with Gasteiger partial charge in [-0.25, -0.2) is 13.4 Å². The Morgan fingerprint density at radius 1 is 1.04 bits per heavy atom. The summed E-state index contributed by atoms with van der Waals surface area (Å²) >= 11 is 0. The van der Waals surface area contributed by atoms with Crippen molar-refractivity contribution in [2.45, 2.75) is 12.6 Å². The second-order valence-corrected chi connectivity index (χ2v) is 7.34. The first-order chi connectivity index (χ1) is 10.8. The van der Waals surface area contributed by atoms with Gasteiger partial charge in [0, 0.05) is 5.69 Å². The van der Waals surface area contributed by atoms with Gasteiger partial charge in [-0.05, 0) is 24.6 Å². The molecule has 2 N–H and O–H groups in total. The zero-order valence-electron chi connectivity index (χ0n) is 12.8. The van der Waals surface area contributed by atoms with E-state index in [0.717, 1.165) is 16.8 Å². The lowest BCUT2D eigenvalue weighted by molar-refractivity contribution is 0.0458. The molecule has 7 heteroatoms. The molecule has 1 heterocycles. The molecule has 0 unspecified atom stereocenters. The molecule has 0 spiro atoms. The Morgan fingerprint density at radius 2 is 1.65 bits per heavy atom.